The normalized spacial score (nSPS) is 11.1. The molecule has 2 aromatic rings. The minimum Gasteiger partial charge on any atom is -0.461 e. The van der Waals surface area contributed by atoms with Crippen molar-refractivity contribution in [1.82, 2.24) is 9.97 Å². The molecule has 0 radical (unpaired) electrons. The minimum absolute atomic E-state index is 0.489. The minimum atomic E-state index is 0.489. The number of aromatic nitrogens is 2. The Morgan fingerprint density at radius 1 is 1.41 bits per heavy atom. The van der Waals surface area contributed by atoms with Crippen LogP contribution in [-0.2, 0) is 6.42 Å². The highest BCUT2D eigenvalue weighted by atomic mass is 127. The quantitative estimate of drug-likeness (QED) is 0.607. The molecule has 0 saturated carbocycles. The van der Waals surface area contributed by atoms with Crippen molar-refractivity contribution >= 4 is 34.2 Å². The summed E-state index contributed by atoms with van der Waals surface area (Å²) in [6, 6.07) is 3.64. The van der Waals surface area contributed by atoms with Gasteiger partial charge in [-0.3, -0.25) is 0 Å². The molecule has 0 N–H and O–H groups in total. The van der Waals surface area contributed by atoms with Gasteiger partial charge in [0.25, 0.3) is 0 Å². The van der Waals surface area contributed by atoms with Crippen molar-refractivity contribution < 1.29 is 4.42 Å². The lowest BCUT2D eigenvalue weighted by atomic mass is 10.1. The van der Waals surface area contributed by atoms with Gasteiger partial charge in [0.2, 0.25) is 0 Å². The molecule has 3 nitrogen and oxygen atoms in total. The standard InChI is InChI=1S/C12H12ClIN2O/c1-7(2)6-8-10(14)11(13)16-12(15-8)9-4-3-5-17-9/h3-5,7H,6H2,1-2H3. The largest absolute Gasteiger partial charge is 0.461 e. The molecule has 0 amide bonds. The molecule has 2 rings (SSSR count). The van der Waals surface area contributed by atoms with Crippen LogP contribution in [0.3, 0.4) is 0 Å². The molecule has 0 spiro atoms. The topological polar surface area (TPSA) is 38.9 Å². The van der Waals surface area contributed by atoms with Crippen molar-refractivity contribution in [1.29, 1.82) is 0 Å². The average molecular weight is 363 g/mol. The van der Waals surface area contributed by atoms with E-state index in [1.165, 1.54) is 0 Å². The first-order valence-corrected chi connectivity index (χ1v) is 6.79. The second kappa shape index (κ2) is 5.35. The number of hydrogen-bond donors (Lipinski definition) is 0. The Kier molecular flexibility index (Phi) is 4.04. The fourth-order valence-corrected chi connectivity index (χ4v) is 2.15. The summed E-state index contributed by atoms with van der Waals surface area (Å²) < 4.78 is 6.21. The highest BCUT2D eigenvalue weighted by Crippen LogP contribution is 2.25. The number of halogens is 2. The highest BCUT2D eigenvalue weighted by molar-refractivity contribution is 14.1. The fourth-order valence-electron chi connectivity index (χ4n) is 1.50. The number of furan rings is 1. The Morgan fingerprint density at radius 2 is 2.18 bits per heavy atom. The zero-order valence-electron chi connectivity index (χ0n) is 9.58. The lowest BCUT2D eigenvalue weighted by molar-refractivity contribution is 0.574. The van der Waals surface area contributed by atoms with Crippen LogP contribution in [0, 0.1) is 9.49 Å². The first kappa shape index (κ1) is 12.8. The van der Waals surface area contributed by atoms with Gasteiger partial charge in [-0.25, -0.2) is 9.97 Å². The van der Waals surface area contributed by atoms with Crippen LogP contribution in [-0.4, -0.2) is 9.97 Å². The van der Waals surface area contributed by atoms with Crippen molar-refractivity contribution in [3.8, 4) is 11.6 Å². The van der Waals surface area contributed by atoms with Gasteiger partial charge in [-0.2, -0.15) is 0 Å². The maximum atomic E-state index is 6.12. The van der Waals surface area contributed by atoms with Crippen LogP contribution >= 0.6 is 34.2 Å². The second-order valence-electron chi connectivity index (χ2n) is 4.17. The van der Waals surface area contributed by atoms with Crippen LogP contribution in [0.5, 0.6) is 0 Å². The molecule has 17 heavy (non-hydrogen) atoms. The molecular weight excluding hydrogens is 351 g/mol. The molecule has 2 aromatic heterocycles. The van der Waals surface area contributed by atoms with E-state index in [9.17, 15) is 0 Å². The first-order valence-electron chi connectivity index (χ1n) is 5.33. The lowest BCUT2D eigenvalue weighted by Crippen LogP contribution is -2.04. The number of rotatable bonds is 3. The third kappa shape index (κ3) is 2.98. The Hall–Kier alpha value is -0.620. The van der Waals surface area contributed by atoms with Crippen molar-refractivity contribution in [3.05, 3.63) is 32.8 Å². The van der Waals surface area contributed by atoms with Gasteiger partial charge < -0.3 is 4.42 Å². The van der Waals surface area contributed by atoms with E-state index >= 15 is 0 Å². The van der Waals surface area contributed by atoms with Crippen molar-refractivity contribution in [2.24, 2.45) is 5.92 Å². The molecular formula is C12H12ClIN2O. The summed E-state index contributed by atoms with van der Waals surface area (Å²) in [6.45, 7) is 4.30. The van der Waals surface area contributed by atoms with Gasteiger partial charge in [-0.15, -0.1) is 0 Å². The van der Waals surface area contributed by atoms with Crippen LogP contribution < -0.4 is 0 Å². The van der Waals surface area contributed by atoms with Crippen LogP contribution in [0.1, 0.15) is 19.5 Å². The second-order valence-corrected chi connectivity index (χ2v) is 5.61. The molecule has 0 aliphatic rings. The van der Waals surface area contributed by atoms with E-state index in [2.05, 4.69) is 46.4 Å². The van der Waals surface area contributed by atoms with Crippen LogP contribution in [0.15, 0.2) is 22.8 Å². The van der Waals surface area contributed by atoms with Crippen molar-refractivity contribution in [2.75, 3.05) is 0 Å². The molecule has 90 valence electrons. The molecule has 2 heterocycles. The zero-order chi connectivity index (χ0) is 12.4. The van der Waals surface area contributed by atoms with Crippen LogP contribution in [0.4, 0.5) is 0 Å². The van der Waals surface area contributed by atoms with E-state index in [1.807, 2.05) is 12.1 Å². The van der Waals surface area contributed by atoms with E-state index in [0.717, 1.165) is 15.7 Å². The fraction of sp³-hybridized carbons (Fsp3) is 0.333. The Labute approximate surface area is 119 Å². The van der Waals surface area contributed by atoms with Crippen molar-refractivity contribution in [3.63, 3.8) is 0 Å². The highest BCUT2D eigenvalue weighted by Gasteiger charge is 2.14. The Balaban J connectivity index is 2.46. The summed E-state index contributed by atoms with van der Waals surface area (Å²) in [5.74, 6) is 1.73. The predicted molar refractivity (Wildman–Crippen MR) is 76.0 cm³/mol. The summed E-state index contributed by atoms with van der Waals surface area (Å²) >= 11 is 8.30. The van der Waals surface area contributed by atoms with E-state index in [4.69, 9.17) is 16.0 Å². The molecule has 0 saturated heterocycles. The van der Waals surface area contributed by atoms with Crippen molar-refractivity contribution in [2.45, 2.75) is 20.3 Å². The maximum absolute atomic E-state index is 6.12. The number of hydrogen-bond acceptors (Lipinski definition) is 3. The Morgan fingerprint density at radius 3 is 2.76 bits per heavy atom. The van der Waals surface area contributed by atoms with Crippen LogP contribution in [0.25, 0.3) is 11.6 Å². The maximum Gasteiger partial charge on any atom is 0.197 e. The molecule has 0 bridgehead atoms. The van der Waals surface area contributed by atoms with Gasteiger partial charge in [0.1, 0.15) is 5.15 Å². The van der Waals surface area contributed by atoms with Gasteiger partial charge in [0.05, 0.1) is 15.5 Å². The molecule has 5 heteroatoms. The van der Waals surface area contributed by atoms with Gasteiger partial charge in [0.15, 0.2) is 11.6 Å². The van der Waals surface area contributed by atoms with E-state index in [-0.39, 0.29) is 0 Å². The summed E-state index contributed by atoms with van der Waals surface area (Å²) in [6.07, 6.45) is 2.49. The van der Waals surface area contributed by atoms with Crippen LogP contribution in [0.2, 0.25) is 5.15 Å². The monoisotopic (exact) mass is 362 g/mol. The Bertz CT molecular complexity index is 511. The molecule has 0 aliphatic carbocycles. The SMILES string of the molecule is CC(C)Cc1nc(-c2ccco2)nc(Cl)c1I. The predicted octanol–water partition coefficient (Wildman–Crippen LogP) is 4.19. The molecule has 0 fully saturated rings. The summed E-state index contributed by atoms with van der Waals surface area (Å²) in [5, 5.41) is 0.489. The van der Waals surface area contributed by atoms with Gasteiger partial charge >= 0.3 is 0 Å². The molecule has 0 aliphatic heterocycles. The van der Waals surface area contributed by atoms with Gasteiger partial charge in [-0.05, 0) is 47.1 Å². The van der Waals surface area contributed by atoms with E-state index < -0.39 is 0 Å². The van der Waals surface area contributed by atoms with E-state index in [0.29, 0.717) is 22.7 Å². The summed E-state index contributed by atoms with van der Waals surface area (Å²) in [5.41, 5.74) is 0.979. The lowest BCUT2D eigenvalue weighted by Gasteiger charge is -2.09. The smallest absolute Gasteiger partial charge is 0.197 e. The third-order valence-corrected chi connectivity index (χ3v) is 3.95. The molecule has 0 aromatic carbocycles. The third-order valence-electron chi connectivity index (χ3n) is 2.22. The van der Waals surface area contributed by atoms with Gasteiger partial charge in [-0.1, -0.05) is 25.4 Å². The van der Waals surface area contributed by atoms with E-state index in [1.54, 1.807) is 6.26 Å². The summed E-state index contributed by atoms with van der Waals surface area (Å²) in [7, 11) is 0. The zero-order valence-corrected chi connectivity index (χ0v) is 12.5. The molecule has 0 unspecified atom stereocenters. The molecule has 0 atom stereocenters. The summed E-state index contributed by atoms with van der Waals surface area (Å²) in [4.78, 5) is 8.76. The first-order chi connectivity index (χ1) is 8.08. The number of nitrogens with zero attached hydrogens (tertiary/aromatic N) is 2. The average Bonchev–Trinajstić information content (AvgIpc) is 2.77. The van der Waals surface area contributed by atoms with Gasteiger partial charge in [0, 0.05) is 0 Å².